The van der Waals surface area contributed by atoms with Gasteiger partial charge in [0.25, 0.3) is 0 Å². The average molecular weight is 512 g/mol. The number of nitrogens with one attached hydrogen (secondary N) is 2. The highest BCUT2D eigenvalue weighted by atomic mass is 16.6. The molecule has 0 spiro atoms. The molecule has 2 unspecified atom stereocenters. The van der Waals surface area contributed by atoms with E-state index in [1.165, 1.54) is 24.3 Å². The summed E-state index contributed by atoms with van der Waals surface area (Å²) in [5.74, 6) is -0.628. The molecule has 0 radical (unpaired) electrons. The Kier molecular flexibility index (Phi) is 8.68. The summed E-state index contributed by atoms with van der Waals surface area (Å²) in [7, 11) is 0. The van der Waals surface area contributed by atoms with E-state index in [-0.39, 0.29) is 35.9 Å². The van der Waals surface area contributed by atoms with Gasteiger partial charge in [-0.1, -0.05) is 24.3 Å². The highest BCUT2D eigenvalue weighted by molar-refractivity contribution is 5.93. The number of nitrogens with zero attached hydrogens (tertiary/aromatic N) is 1. The molecule has 0 aliphatic heterocycles. The molecule has 0 bridgehead atoms. The van der Waals surface area contributed by atoms with Gasteiger partial charge in [-0.05, 0) is 82.9 Å². The lowest BCUT2D eigenvalue weighted by molar-refractivity contribution is -0.143. The van der Waals surface area contributed by atoms with E-state index in [0.29, 0.717) is 5.56 Å². The number of carbonyl (C=O) groups is 3. The van der Waals surface area contributed by atoms with E-state index in [1.54, 1.807) is 49.9 Å². The molecule has 1 aliphatic carbocycles. The van der Waals surface area contributed by atoms with E-state index < -0.39 is 29.7 Å². The van der Waals surface area contributed by atoms with Crippen LogP contribution in [0.25, 0.3) is 0 Å². The fourth-order valence-corrected chi connectivity index (χ4v) is 4.03. The van der Waals surface area contributed by atoms with Crippen LogP contribution >= 0.6 is 0 Å². The molecule has 200 valence electrons. The van der Waals surface area contributed by atoms with Gasteiger partial charge in [-0.3, -0.25) is 9.59 Å². The van der Waals surface area contributed by atoms with Crippen molar-refractivity contribution >= 4 is 17.9 Å². The van der Waals surface area contributed by atoms with Crippen LogP contribution in [0.1, 0.15) is 64.6 Å². The average Bonchev–Trinajstić information content (AvgIpc) is 3.62. The molecule has 0 heterocycles. The predicted molar refractivity (Wildman–Crippen MR) is 139 cm³/mol. The number of rotatable bonds is 9. The maximum absolute atomic E-state index is 14.1. The first kappa shape index (κ1) is 27.8. The van der Waals surface area contributed by atoms with Crippen molar-refractivity contribution in [3.63, 3.8) is 0 Å². The van der Waals surface area contributed by atoms with Crippen molar-refractivity contribution in [1.82, 2.24) is 15.5 Å². The van der Waals surface area contributed by atoms with Crippen LogP contribution < -0.4 is 10.6 Å². The summed E-state index contributed by atoms with van der Waals surface area (Å²) in [6.07, 6.45) is 0.852. The van der Waals surface area contributed by atoms with Crippen LogP contribution in [-0.2, 0) is 20.7 Å². The van der Waals surface area contributed by atoms with Crippen molar-refractivity contribution < 1.29 is 29.3 Å². The first-order chi connectivity index (χ1) is 17.3. The van der Waals surface area contributed by atoms with Crippen LogP contribution in [0.2, 0.25) is 0 Å². The molecule has 9 nitrogen and oxygen atoms in total. The van der Waals surface area contributed by atoms with Gasteiger partial charge in [0.05, 0.1) is 0 Å². The molecule has 3 amide bonds. The number of carbonyl (C=O) groups excluding carboxylic acids is 3. The summed E-state index contributed by atoms with van der Waals surface area (Å²) < 4.78 is 5.42. The number of ether oxygens (including phenoxy) is 1. The Morgan fingerprint density at radius 2 is 1.49 bits per heavy atom. The third kappa shape index (κ3) is 8.13. The molecule has 1 saturated carbocycles. The Morgan fingerprint density at radius 1 is 0.946 bits per heavy atom. The minimum atomic E-state index is -1.02. The second-order valence-electron chi connectivity index (χ2n) is 10.7. The van der Waals surface area contributed by atoms with E-state index in [2.05, 4.69) is 10.6 Å². The third-order valence-corrected chi connectivity index (χ3v) is 5.73. The summed E-state index contributed by atoms with van der Waals surface area (Å²) in [6.45, 7) is 8.88. The number of aromatic hydroxyl groups is 2. The molecule has 4 N–H and O–H groups in total. The van der Waals surface area contributed by atoms with Crippen LogP contribution in [0.3, 0.4) is 0 Å². The topological polar surface area (TPSA) is 128 Å². The number of amides is 3. The molecule has 1 fully saturated rings. The van der Waals surface area contributed by atoms with Crippen molar-refractivity contribution in [3.8, 4) is 11.5 Å². The molecule has 37 heavy (non-hydrogen) atoms. The summed E-state index contributed by atoms with van der Waals surface area (Å²) in [5.41, 5.74) is 0.505. The van der Waals surface area contributed by atoms with Gasteiger partial charge in [-0.15, -0.1) is 0 Å². The van der Waals surface area contributed by atoms with Crippen molar-refractivity contribution in [1.29, 1.82) is 0 Å². The Bertz CT molecular complexity index is 1090. The lowest BCUT2D eigenvalue weighted by atomic mass is 9.99. The molecule has 2 aromatic rings. The maximum atomic E-state index is 14.1. The fraction of sp³-hybridized carbons (Fsp3) is 0.464. The van der Waals surface area contributed by atoms with Crippen molar-refractivity contribution in [2.75, 3.05) is 0 Å². The Morgan fingerprint density at radius 3 is 1.97 bits per heavy atom. The first-order valence-electron chi connectivity index (χ1n) is 12.5. The SMILES string of the molecule is CC(C)NC(=O)C(c1ccc(O)cc1)N(C(=O)C(Cc1ccc(O)cc1)NC(=O)OC(C)(C)C)C1CC1. The van der Waals surface area contributed by atoms with Crippen LogP contribution in [0.5, 0.6) is 11.5 Å². The van der Waals surface area contributed by atoms with Gasteiger partial charge in [-0.2, -0.15) is 0 Å². The Labute approximate surface area is 217 Å². The highest BCUT2D eigenvalue weighted by Gasteiger charge is 2.44. The predicted octanol–water partition coefficient (Wildman–Crippen LogP) is 3.79. The van der Waals surface area contributed by atoms with Crippen molar-refractivity contribution in [2.45, 2.75) is 83.6 Å². The van der Waals surface area contributed by atoms with Crippen LogP contribution in [-0.4, -0.2) is 56.7 Å². The normalized spacial score (nSPS) is 15.0. The summed E-state index contributed by atoms with van der Waals surface area (Å²) in [4.78, 5) is 41.9. The maximum Gasteiger partial charge on any atom is 0.408 e. The van der Waals surface area contributed by atoms with Gasteiger partial charge in [0, 0.05) is 18.5 Å². The van der Waals surface area contributed by atoms with E-state index in [9.17, 15) is 24.6 Å². The van der Waals surface area contributed by atoms with E-state index in [4.69, 9.17) is 4.74 Å². The number of phenolic OH excluding ortho intramolecular Hbond substituents is 2. The van der Waals surface area contributed by atoms with Gasteiger partial charge in [-0.25, -0.2) is 4.79 Å². The molecule has 9 heteroatoms. The second-order valence-corrected chi connectivity index (χ2v) is 10.7. The monoisotopic (exact) mass is 511 g/mol. The van der Waals surface area contributed by atoms with Crippen molar-refractivity contribution in [3.05, 3.63) is 59.7 Å². The molecular formula is C28H37N3O6. The molecule has 2 atom stereocenters. The largest absolute Gasteiger partial charge is 0.508 e. The number of benzene rings is 2. The number of hydrogen-bond acceptors (Lipinski definition) is 6. The summed E-state index contributed by atoms with van der Waals surface area (Å²) in [6, 6.07) is 10.3. The molecular weight excluding hydrogens is 474 g/mol. The zero-order valence-electron chi connectivity index (χ0n) is 22.0. The lowest BCUT2D eigenvalue weighted by Crippen LogP contribution is -2.55. The quantitative estimate of drug-likeness (QED) is 0.406. The van der Waals surface area contributed by atoms with Crippen LogP contribution in [0.4, 0.5) is 4.79 Å². The molecule has 0 saturated heterocycles. The van der Waals surface area contributed by atoms with E-state index >= 15 is 0 Å². The molecule has 1 aliphatic rings. The Hall–Kier alpha value is -3.75. The second kappa shape index (κ2) is 11.5. The van der Waals surface area contributed by atoms with Crippen LogP contribution in [0.15, 0.2) is 48.5 Å². The summed E-state index contributed by atoms with van der Waals surface area (Å²) >= 11 is 0. The number of alkyl carbamates (subject to hydrolysis) is 1. The number of phenols is 2. The Balaban J connectivity index is 1.99. The van der Waals surface area contributed by atoms with E-state index in [1.807, 2.05) is 13.8 Å². The lowest BCUT2D eigenvalue weighted by Gasteiger charge is -2.35. The van der Waals surface area contributed by atoms with Gasteiger partial charge < -0.3 is 30.5 Å². The molecule has 2 aromatic carbocycles. The summed E-state index contributed by atoms with van der Waals surface area (Å²) in [5, 5.41) is 25.1. The zero-order valence-corrected chi connectivity index (χ0v) is 22.0. The van der Waals surface area contributed by atoms with Crippen molar-refractivity contribution in [2.24, 2.45) is 0 Å². The fourth-order valence-electron chi connectivity index (χ4n) is 4.03. The van der Waals surface area contributed by atoms with Gasteiger partial charge in [0.15, 0.2) is 0 Å². The number of hydrogen-bond donors (Lipinski definition) is 4. The minimum Gasteiger partial charge on any atom is -0.508 e. The van der Waals surface area contributed by atoms with Gasteiger partial charge >= 0.3 is 6.09 Å². The van der Waals surface area contributed by atoms with E-state index in [0.717, 1.165) is 18.4 Å². The zero-order chi connectivity index (χ0) is 27.3. The molecule has 3 rings (SSSR count). The smallest absolute Gasteiger partial charge is 0.408 e. The minimum absolute atomic E-state index is 0.0489. The molecule has 0 aromatic heterocycles. The van der Waals surface area contributed by atoms with Crippen LogP contribution in [0, 0.1) is 0 Å². The first-order valence-corrected chi connectivity index (χ1v) is 12.5. The third-order valence-electron chi connectivity index (χ3n) is 5.73. The van der Waals surface area contributed by atoms with Gasteiger partial charge in [0.1, 0.15) is 29.2 Å². The standard InChI is InChI=1S/C28H37N3O6/c1-17(2)29-25(34)24(19-8-14-22(33)15-9-19)31(20-10-11-20)26(35)23(30-27(36)37-28(3,4)5)16-18-6-12-21(32)13-7-18/h6-9,12-15,17,20,23-24,32-33H,10-11,16H2,1-5H3,(H,29,34)(H,30,36). The highest BCUT2D eigenvalue weighted by Crippen LogP contribution is 2.36. The van der Waals surface area contributed by atoms with Gasteiger partial charge in [0.2, 0.25) is 11.8 Å².